The molecule has 0 bridgehead atoms. The maximum Gasteiger partial charge on any atom is 0.333 e. The van der Waals surface area contributed by atoms with Crippen molar-refractivity contribution in [1.82, 2.24) is 19.7 Å². The standard InChI is InChI=1S/C7H5FN4O2S/c8-15(13,14)6-1-2-7(10-3-6)12-5-9-4-11-12/h1-5H. The minimum absolute atomic E-state index is 0.361. The van der Waals surface area contributed by atoms with Crippen molar-refractivity contribution >= 4 is 10.2 Å². The van der Waals surface area contributed by atoms with Crippen LogP contribution in [0.4, 0.5) is 3.89 Å². The summed E-state index contributed by atoms with van der Waals surface area (Å²) in [6.07, 6.45) is 3.62. The van der Waals surface area contributed by atoms with Crippen molar-refractivity contribution in [3.63, 3.8) is 0 Å². The molecular weight excluding hydrogens is 223 g/mol. The molecule has 0 saturated carbocycles. The van der Waals surface area contributed by atoms with Gasteiger partial charge >= 0.3 is 10.2 Å². The maximum atomic E-state index is 12.5. The first-order valence-corrected chi connectivity index (χ1v) is 5.21. The Morgan fingerprint density at radius 1 is 1.33 bits per heavy atom. The Labute approximate surface area is 84.6 Å². The van der Waals surface area contributed by atoms with Crippen molar-refractivity contribution < 1.29 is 12.3 Å². The van der Waals surface area contributed by atoms with Crippen LogP contribution >= 0.6 is 0 Å². The van der Waals surface area contributed by atoms with Crippen LogP contribution in [-0.4, -0.2) is 28.2 Å². The molecule has 2 rings (SSSR count). The second-order valence-electron chi connectivity index (χ2n) is 2.63. The molecule has 2 heterocycles. The maximum absolute atomic E-state index is 12.5. The van der Waals surface area contributed by atoms with E-state index in [0.29, 0.717) is 5.82 Å². The van der Waals surface area contributed by atoms with Crippen LogP contribution in [0.25, 0.3) is 5.82 Å². The van der Waals surface area contributed by atoms with Crippen LogP contribution in [-0.2, 0) is 10.2 Å². The largest absolute Gasteiger partial charge is 0.333 e. The molecule has 0 aromatic carbocycles. The van der Waals surface area contributed by atoms with E-state index in [4.69, 9.17) is 0 Å². The first kappa shape index (κ1) is 9.71. The Bertz CT molecular complexity index is 549. The summed E-state index contributed by atoms with van der Waals surface area (Å²) in [5.74, 6) is 0.361. The molecule has 78 valence electrons. The number of pyridine rings is 1. The molecule has 0 saturated heterocycles. The smallest absolute Gasteiger partial charge is 0.236 e. The predicted molar refractivity (Wildman–Crippen MR) is 47.4 cm³/mol. The summed E-state index contributed by atoms with van der Waals surface area (Å²) in [7, 11) is -4.70. The first-order valence-electron chi connectivity index (χ1n) is 3.83. The normalized spacial score (nSPS) is 11.5. The van der Waals surface area contributed by atoms with Crippen molar-refractivity contribution in [2.45, 2.75) is 4.90 Å². The molecule has 8 heteroatoms. The van der Waals surface area contributed by atoms with E-state index in [1.807, 2.05) is 0 Å². The van der Waals surface area contributed by atoms with E-state index in [1.54, 1.807) is 0 Å². The van der Waals surface area contributed by atoms with Crippen LogP contribution in [0.5, 0.6) is 0 Å². The topological polar surface area (TPSA) is 77.7 Å². The van der Waals surface area contributed by atoms with Crippen LogP contribution < -0.4 is 0 Å². The molecule has 0 spiro atoms. The van der Waals surface area contributed by atoms with Crippen molar-refractivity contribution in [3.8, 4) is 5.82 Å². The molecule has 0 aliphatic rings. The number of hydrogen-bond donors (Lipinski definition) is 0. The second-order valence-corrected chi connectivity index (χ2v) is 3.98. The van der Waals surface area contributed by atoms with Gasteiger partial charge in [-0.05, 0) is 12.1 Å². The van der Waals surface area contributed by atoms with Gasteiger partial charge in [0.2, 0.25) is 0 Å². The van der Waals surface area contributed by atoms with Crippen molar-refractivity contribution in [3.05, 3.63) is 31.0 Å². The molecule has 15 heavy (non-hydrogen) atoms. The van der Waals surface area contributed by atoms with Gasteiger partial charge in [-0.15, -0.1) is 3.89 Å². The minimum Gasteiger partial charge on any atom is -0.236 e. The molecule has 0 aliphatic heterocycles. The summed E-state index contributed by atoms with van der Waals surface area (Å²) < 4.78 is 34.8. The summed E-state index contributed by atoms with van der Waals surface area (Å²) in [6, 6.07) is 2.44. The average molecular weight is 228 g/mol. The third-order valence-electron chi connectivity index (χ3n) is 1.66. The molecular formula is C7H5FN4O2S. The Morgan fingerprint density at radius 2 is 2.13 bits per heavy atom. The number of hydrogen-bond acceptors (Lipinski definition) is 5. The third kappa shape index (κ3) is 1.99. The van der Waals surface area contributed by atoms with Gasteiger partial charge < -0.3 is 0 Å². The van der Waals surface area contributed by atoms with Gasteiger partial charge in [0, 0.05) is 0 Å². The van der Waals surface area contributed by atoms with Gasteiger partial charge in [0.15, 0.2) is 5.82 Å². The predicted octanol–water partition coefficient (Wildman–Crippen LogP) is 0.320. The highest BCUT2D eigenvalue weighted by Gasteiger charge is 2.12. The van der Waals surface area contributed by atoms with E-state index >= 15 is 0 Å². The fourth-order valence-corrected chi connectivity index (χ4v) is 1.39. The average Bonchev–Trinajstić information content (AvgIpc) is 2.69. The lowest BCUT2D eigenvalue weighted by atomic mass is 10.5. The molecule has 6 nitrogen and oxygen atoms in total. The van der Waals surface area contributed by atoms with E-state index in [0.717, 1.165) is 12.3 Å². The zero-order valence-corrected chi connectivity index (χ0v) is 8.09. The molecule has 0 radical (unpaired) electrons. The molecule has 0 unspecified atom stereocenters. The first-order chi connectivity index (χ1) is 7.07. The van der Waals surface area contributed by atoms with Crippen LogP contribution in [0.1, 0.15) is 0 Å². The second kappa shape index (κ2) is 3.39. The molecule has 2 aromatic heterocycles. The van der Waals surface area contributed by atoms with Gasteiger partial charge in [-0.2, -0.15) is 13.5 Å². The van der Waals surface area contributed by atoms with E-state index in [2.05, 4.69) is 15.1 Å². The fraction of sp³-hybridized carbons (Fsp3) is 0. The number of aromatic nitrogens is 4. The Hall–Kier alpha value is -1.83. The van der Waals surface area contributed by atoms with Gasteiger partial charge in [-0.3, -0.25) is 0 Å². The highest BCUT2D eigenvalue weighted by molar-refractivity contribution is 7.86. The third-order valence-corrected chi connectivity index (χ3v) is 2.46. The van der Waals surface area contributed by atoms with Crippen molar-refractivity contribution in [1.29, 1.82) is 0 Å². The summed E-state index contributed by atoms with van der Waals surface area (Å²) in [5, 5.41) is 3.78. The summed E-state index contributed by atoms with van der Waals surface area (Å²) in [4.78, 5) is 6.94. The summed E-state index contributed by atoms with van der Waals surface area (Å²) in [6.45, 7) is 0. The zero-order chi connectivity index (χ0) is 10.9. The lowest BCUT2D eigenvalue weighted by Crippen LogP contribution is -1.99. The molecule has 0 fully saturated rings. The molecule has 2 aromatic rings. The van der Waals surface area contributed by atoms with Crippen LogP contribution in [0.3, 0.4) is 0 Å². The Morgan fingerprint density at radius 3 is 2.60 bits per heavy atom. The van der Waals surface area contributed by atoms with Gasteiger partial charge in [-0.1, -0.05) is 0 Å². The summed E-state index contributed by atoms with van der Waals surface area (Å²) in [5.41, 5.74) is 0. The van der Waals surface area contributed by atoms with Crippen LogP contribution in [0.2, 0.25) is 0 Å². The minimum atomic E-state index is -4.70. The van der Waals surface area contributed by atoms with Gasteiger partial charge in [-0.25, -0.2) is 14.6 Å². The van der Waals surface area contributed by atoms with E-state index in [1.165, 1.54) is 23.4 Å². The molecule has 0 atom stereocenters. The number of nitrogens with zero attached hydrogens (tertiary/aromatic N) is 4. The van der Waals surface area contributed by atoms with Gasteiger partial charge in [0.25, 0.3) is 0 Å². The monoisotopic (exact) mass is 228 g/mol. The SMILES string of the molecule is O=S(=O)(F)c1ccc(-n2cncn2)nc1. The Kier molecular flexibility index (Phi) is 2.19. The number of halogens is 1. The zero-order valence-electron chi connectivity index (χ0n) is 7.28. The highest BCUT2D eigenvalue weighted by Crippen LogP contribution is 2.11. The lowest BCUT2D eigenvalue weighted by Gasteiger charge is -1.98. The highest BCUT2D eigenvalue weighted by atomic mass is 32.3. The fourth-order valence-electron chi connectivity index (χ4n) is 0.979. The van der Waals surface area contributed by atoms with Crippen LogP contribution in [0, 0.1) is 0 Å². The van der Waals surface area contributed by atoms with Crippen LogP contribution in [0.15, 0.2) is 35.9 Å². The Balaban J connectivity index is 2.42. The van der Waals surface area contributed by atoms with Gasteiger partial charge in [0.05, 0.1) is 6.20 Å². The van der Waals surface area contributed by atoms with Gasteiger partial charge in [0.1, 0.15) is 17.6 Å². The molecule has 0 aliphatic carbocycles. The van der Waals surface area contributed by atoms with E-state index in [9.17, 15) is 12.3 Å². The van der Waals surface area contributed by atoms with Crippen molar-refractivity contribution in [2.24, 2.45) is 0 Å². The van der Waals surface area contributed by atoms with E-state index in [-0.39, 0.29) is 0 Å². The number of rotatable bonds is 2. The summed E-state index contributed by atoms with van der Waals surface area (Å²) >= 11 is 0. The quantitative estimate of drug-likeness (QED) is 0.692. The van der Waals surface area contributed by atoms with Crippen molar-refractivity contribution in [2.75, 3.05) is 0 Å². The molecule has 0 N–H and O–H groups in total. The van der Waals surface area contributed by atoms with E-state index < -0.39 is 15.1 Å². The lowest BCUT2D eigenvalue weighted by molar-refractivity contribution is 0.551. The molecule has 0 amide bonds.